The molecule has 276 valence electrons. The number of aryl methyl sites for hydroxylation is 1. The van der Waals surface area contributed by atoms with Gasteiger partial charge in [0.15, 0.2) is 12.4 Å². The molecule has 15 nitrogen and oxygen atoms in total. The molecule has 4 N–H and O–H groups in total. The SMILES string of the molecule is Cc1cc(NC(=O)C(=O)N2CCCOc3ccc(cc3Cl)CNc3nc(nc(OCC(F)(F)F)n3)Nc3ccc(cc3)C(=O)NCC(C)(C)C2)no1. The predicted octanol–water partition coefficient (Wildman–Crippen LogP) is 5.12. The van der Waals surface area contributed by atoms with Crippen molar-refractivity contribution in [3.63, 3.8) is 0 Å². The Morgan fingerprint density at radius 3 is 2.50 bits per heavy atom. The van der Waals surface area contributed by atoms with Gasteiger partial charge < -0.3 is 34.8 Å². The first-order chi connectivity index (χ1) is 24.6. The van der Waals surface area contributed by atoms with E-state index in [9.17, 15) is 27.6 Å². The van der Waals surface area contributed by atoms with Gasteiger partial charge in [-0.25, -0.2) is 0 Å². The molecule has 4 aliphatic rings. The first-order valence-electron chi connectivity index (χ1n) is 15.9. The molecule has 4 aromatic rings. The second kappa shape index (κ2) is 16.1. The Morgan fingerprint density at radius 2 is 1.81 bits per heavy atom. The number of carbonyl (C=O) groups excluding carboxylic acids is 3. The summed E-state index contributed by atoms with van der Waals surface area (Å²) in [7, 11) is 0. The Hall–Kier alpha value is -5.65. The van der Waals surface area contributed by atoms with Crippen LogP contribution in [-0.4, -0.2) is 81.8 Å². The van der Waals surface area contributed by atoms with E-state index < -0.39 is 41.9 Å². The zero-order valence-corrected chi connectivity index (χ0v) is 29.0. The maximum atomic E-state index is 13.4. The van der Waals surface area contributed by atoms with Crippen LogP contribution in [-0.2, 0) is 16.1 Å². The fraction of sp³-hybridized carbons (Fsp3) is 0.364. The van der Waals surface area contributed by atoms with Crippen molar-refractivity contribution in [1.82, 2.24) is 30.3 Å². The number of nitrogens with zero attached hydrogens (tertiary/aromatic N) is 5. The highest BCUT2D eigenvalue weighted by atomic mass is 35.5. The second-order valence-corrected chi connectivity index (χ2v) is 12.9. The van der Waals surface area contributed by atoms with Crippen LogP contribution in [0.3, 0.4) is 0 Å². The van der Waals surface area contributed by atoms with E-state index in [1.807, 2.05) is 13.8 Å². The van der Waals surface area contributed by atoms with E-state index in [0.29, 0.717) is 34.7 Å². The second-order valence-electron chi connectivity index (χ2n) is 12.5. The summed E-state index contributed by atoms with van der Waals surface area (Å²) in [5.74, 6) is -1.39. The molecule has 0 unspecified atom stereocenters. The number of anilines is 4. The van der Waals surface area contributed by atoms with Crippen LogP contribution in [0.25, 0.3) is 0 Å². The lowest BCUT2D eigenvalue weighted by atomic mass is 9.92. The molecule has 0 saturated heterocycles. The molecule has 19 heteroatoms. The number of halogens is 4. The number of benzene rings is 2. The van der Waals surface area contributed by atoms with Gasteiger partial charge in [-0.15, -0.1) is 0 Å². The Labute approximate surface area is 300 Å². The Kier molecular flexibility index (Phi) is 11.7. The zero-order valence-electron chi connectivity index (χ0n) is 28.3. The zero-order chi connectivity index (χ0) is 37.5. The lowest BCUT2D eigenvalue weighted by Crippen LogP contribution is -2.48. The van der Waals surface area contributed by atoms with E-state index in [1.54, 1.807) is 37.3 Å². The molecule has 4 aliphatic heterocycles. The molecule has 3 amide bonds. The van der Waals surface area contributed by atoms with Crippen molar-refractivity contribution < 1.29 is 41.6 Å². The monoisotopic (exact) mass is 745 g/mol. The molecule has 0 spiro atoms. The number of alkyl halides is 3. The van der Waals surface area contributed by atoms with Crippen molar-refractivity contribution in [2.24, 2.45) is 5.41 Å². The van der Waals surface area contributed by atoms with Gasteiger partial charge in [0, 0.05) is 43.5 Å². The predicted molar refractivity (Wildman–Crippen MR) is 183 cm³/mol. The minimum Gasteiger partial charge on any atom is -0.492 e. The first-order valence-corrected chi connectivity index (χ1v) is 16.3. The average molecular weight is 746 g/mol. The standard InChI is InChI=1S/C33H35ClF3N9O6/c1-19-13-25(45-52-19)41-27(48)28(49)46-11-4-12-50-24-10-5-20(14-23(24)34)15-38-29-42-30(44-31(43-29)51-18-33(35,36)37)40-22-8-6-21(7-9-22)26(47)39-16-32(2,3)17-46/h5-10,13-14H,4,11-12,15-18H2,1-3H3,(H,39,47)(H,41,45,48)(H2,38,40,42,43,44). The number of ether oxygens (including phenoxy) is 2. The molecule has 6 bridgehead atoms. The largest absolute Gasteiger partial charge is 0.492 e. The fourth-order valence-electron chi connectivity index (χ4n) is 4.91. The number of hydrogen-bond donors (Lipinski definition) is 4. The molecule has 52 heavy (non-hydrogen) atoms. The molecular weight excluding hydrogens is 711 g/mol. The Bertz CT molecular complexity index is 1910. The van der Waals surface area contributed by atoms with Crippen molar-refractivity contribution in [2.75, 3.05) is 48.8 Å². The van der Waals surface area contributed by atoms with E-state index >= 15 is 0 Å². The van der Waals surface area contributed by atoms with E-state index in [0.717, 1.165) is 0 Å². The van der Waals surface area contributed by atoms with Crippen LogP contribution in [0.15, 0.2) is 53.1 Å². The van der Waals surface area contributed by atoms with Crippen molar-refractivity contribution in [3.8, 4) is 11.8 Å². The highest BCUT2D eigenvalue weighted by Gasteiger charge is 2.31. The summed E-state index contributed by atoms with van der Waals surface area (Å²) in [6, 6.07) is 12.1. The van der Waals surface area contributed by atoms with E-state index in [1.165, 1.54) is 23.1 Å². The van der Waals surface area contributed by atoms with Crippen molar-refractivity contribution in [1.29, 1.82) is 0 Å². The van der Waals surface area contributed by atoms with Gasteiger partial charge in [0.1, 0.15) is 11.5 Å². The lowest BCUT2D eigenvalue weighted by molar-refractivity contribution is -0.154. The Morgan fingerprint density at radius 1 is 1.06 bits per heavy atom. The highest BCUT2D eigenvalue weighted by molar-refractivity contribution is 6.39. The van der Waals surface area contributed by atoms with Crippen LogP contribution < -0.4 is 30.7 Å². The van der Waals surface area contributed by atoms with Gasteiger partial charge in [0.25, 0.3) is 5.91 Å². The fourth-order valence-corrected chi connectivity index (χ4v) is 5.17. The minimum atomic E-state index is -4.62. The third-order valence-corrected chi connectivity index (χ3v) is 7.65. The average Bonchev–Trinajstić information content (AvgIpc) is 3.50. The van der Waals surface area contributed by atoms with Crippen LogP contribution in [0.2, 0.25) is 5.02 Å². The maximum absolute atomic E-state index is 13.4. The summed E-state index contributed by atoms with van der Waals surface area (Å²) in [5.41, 5.74) is 0.697. The lowest BCUT2D eigenvalue weighted by Gasteiger charge is -2.32. The molecule has 0 aliphatic carbocycles. The maximum Gasteiger partial charge on any atom is 0.422 e. The minimum absolute atomic E-state index is 0.0804. The van der Waals surface area contributed by atoms with Gasteiger partial charge >= 0.3 is 24.0 Å². The van der Waals surface area contributed by atoms with E-state index in [4.69, 9.17) is 25.6 Å². The van der Waals surface area contributed by atoms with Gasteiger partial charge in [-0.2, -0.15) is 28.1 Å². The van der Waals surface area contributed by atoms with Gasteiger partial charge in [0.05, 0.1) is 11.6 Å². The number of aromatic nitrogens is 4. The normalized spacial score (nSPS) is 15.4. The van der Waals surface area contributed by atoms with Gasteiger partial charge in [-0.1, -0.05) is 36.7 Å². The summed E-state index contributed by atoms with van der Waals surface area (Å²) in [6.07, 6.45) is -4.30. The number of amides is 3. The van der Waals surface area contributed by atoms with Crippen LogP contribution >= 0.6 is 11.6 Å². The number of carbonyl (C=O) groups is 3. The summed E-state index contributed by atoms with van der Waals surface area (Å²) >= 11 is 6.49. The molecule has 0 atom stereocenters. The topological polar surface area (TPSA) is 186 Å². The van der Waals surface area contributed by atoms with Crippen LogP contribution in [0.1, 0.15) is 41.9 Å². The number of rotatable bonds is 3. The molecule has 2 aromatic carbocycles. The first kappa shape index (κ1) is 37.6. The van der Waals surface area contributed by atoms with Gasteiger partial charge in [-0.05, 0) is 60.7 Å². The summed E-state index contributed by atoms with van der Waals surface area (Å²) in [5, 5.41) is 15.1. The molecule has 0 fully saturated rings. The van der Waals surface area contributed by atoms with Crippen LogP contribution in [0, 0.1) is 12.3 Å². The molecule has 0 radical (unpaired) electrons. The van der Waals surface area contributed by atoms with Crippen LogP contribution in [0.5, 0.6) is 11.8 Å². The number of hydrogen-bond acceptors (Lipinski definition) is 12. The summed E-state index contributed by atoms with van der Waals surface area (Å²) < 4.78 is 54.3. The summed E-state index contributed by atoms with van der Waals surface area (Å²) in [4.78, 5) is 52.9. The Balaban J connectivity index is 1.38. The smallest absolute Gasteiger partial charge is 0.422 e. The number of nitrogens with one attached hydrogen (secondary N) is 4. The quantitative estimate of drug-likeness (QED) is 0.203. The van der Waals surface area contributed by atoms with Gasteiger partial charge in [-0.3, -0.25) is 19.7 Å². The molecule has 2 aromatic heterocycles. The third-order valence-electron chi connectivity index (χ3n) is 7.36. The molecule has 8 rings (SSSR count). The summed E-state index contributed by atoms with van der Waals surface area (Å²) in [6.45, 7) is 4.35. The highest BCUT2D eigenvalue weighted by Crippen LogP contribution is 2.27. The van der Waals surface area contributed by atoms with Crippen molar-refractivity contribution in [2.45, 2.75) is 39.9 Å². The van der Waals surface area contributed by atoms with Gasteiger partial charge in [0.2, 0.25) is 11.9 Å². The van der Waals surface area contributed by atoms with E-state index in [-0.39, 0.29) is 55.5 Å². The van der Waals surface area contributed by atoms with Crippen molar-refractivity contribution >= 4 is 52.7 Å². The molecule has 6 heterocycles. The molecular formula is C33H35ClF3N9O6. The third kappa shape index (κ3) is 10.9. The van der Waals surface area contributed by atoms with E-state index in [2.05, 4.69) is 41.4 Å². The van der Waals surface area contributed by atoms with Crippen molar-refractivity contribution in [3.05, 3.63) is 70.4 Å². The van der Waals surface area contributed by atoms with Crippen LogP contribution in [0.4, 0.5) is 36.6 Å². The molecule has 0 saturated carbocycles.